The number of amides is 1. The number of halogens is 1. The molecule has 3 rings (SSSR count). The molecule has 1 unspecified atom stereocenters. The third kappa shape index (κ3) is 7.09. The summed E-state index contributed by atoms with van der Waals surface area (Å²) in [6, 6.07) is 5.65. The Hall–Kier alpha value is -1.82. The van der Waals surface area contributed by atoms with E-state index in [0.717, 1.165) is 26.0 Å². The molecule has 1 aliphatic rings. The fourth-order valence-electron chi connectivity index (χ4n) is 3.16. The topological polar surface area (TPSA) is 76.2 Å². The van der Waals surface area contributed by atoms with Crippen LogP contribution in [0.3, 0.4) is 0 Å². The van der Waals surface area contributed by atoms with E-state index in [1.807, 2.05) is 28.7 Å². The Kier molecular flexibility index (Phi) is 9.21. The molecule has 11 heteroatoms. The zero-order chi connectivity index (χ0) is 23.1. The van der Waals surface area contributed by atoms with Gasteiger partial charge in [-0.05, 0) is 51.3 Å². The van der Waals surface area contributed by atoms with Crippen molar-refractivity contribution in [1.29, 1.82) is 0 Å². The molecule has 0 aromatic carbocycles. The molecule has 0 spiro atoms. The predicted octanol–water partition coefficient (Wildman–Crippen LogP) is 5.32. The van der Waals surface area contributed by atoms with E-state index in [4.69, 9.17) is 9.47 Å². The maximum absolute atomic E-state index is 12.5. The zero-order valence-corrected chi connectivity index (χ0v) is 21.7. The van der Waals surface area contributed by atoms with Gasteiger partial charge in [0, 0.05) is 65.1 Å². The van der Waals surface area contributed by atoms with Crippen LogP contribution in [0.1, 0.15) is 32.8 Å². The Morgan fingerprint density at radius 2 is 2.03 bits per heavy atom. The van der Waals surface area contributed by atoms with Gasteiger partial charge in [-0.15, -0.1) is 22.7 Å². The molecule has 3 heterocycles. The Morgan fingerprint density at radius 3 is 2.72 bits per heavy atom. The van der Waals surface area contributed by atoms with Crippen LogP contribution in [0.25, 0.3) is 0 Å². The van der Waals surface area contributed by atoms with Crippen LogP contribution in [0.15, 0.2) is 39.7 Å². The molecule has 0 aliphatic carbocycles. The minimum absolute atomic E-state index is 0.0662. The number of esters is 2. The van der Waals surface area contributed by atoms with E-state index < -0.39 is 0 Å². The summed E-state index contributed by atoms with van der Waals surface area (Å²) in [7, 11) is 1.36. The fraction of sp³-hybridized carbons (Fsp3) is 0.381. The number of methoxy groups -OCH3 is 1. The first-order valence-corrected chi connectivity index (χ1v) is 13.2. The highest BCUT2D eigenvalue weighted by molar-refractivity contribution is 9.10. The van der Waals surface area contributed by atoms with Crippen LogP contribution in [0.5, 0.6) is 0 Å². The van der Waals surface area contributed by atoms with Crippen LogP contribution in [0, 0.1) is 0 Å². The lowest BCUT2D eigenvalue weighted by molar-refractivity contribution is -0.146. The van der Waals surface area contributed by atoms with Crippen LogP contribution in [-0.4, -0.2) is 53.5 Å². The molecule has 0 saturated heterocycles. The van der Waals surface area contributed by atoms with Gasteiger partial charge in [-0.1, -0.05) is 0 Å². The maximum atomic E-state index is 12.5. The number of carbonyl (C=O) groups is 3. The first-order chi connectivity index (χ1) is 15.4. The molecule has 0 N–H and O–H groups in total. The lowest BCUT2D eigenvalue weighted by Gasteiger charge is -2.36. The number of hydrogen-bond donors (Lipinski definition) is 0. The molecule has 0 radical (unpaired) electrons. The number of hydrogen-bond acceptors (Lipinski definition) is 9. The van der Waals surface area contributed by atoms with Gasteiger partial charge < -0.3 is 9.47 Å². The Labute approximate surface area is 207 Å². The summed E-state index contributed by atoms with van der Waals surface area (Å²) in [6.07, 6.45) is 3.42. The van der Waals surface area contributed by atoms with Crippen LogP contribution < -0.4 is 0 Å². The van der Waals surface area contributed by atoms with Crippen LogP contribution in [0.2, 0.25) is 0 Å². The maximum Gasteiger partial charge on any atom is 0.348 e. The van der Waals surface area contributed by atoms with Crippen LogP contribution in [0.4, 0.5) is 4.79 Å². The first-order valence-electron chi connectivity index (χ1n) is 9.84. The monoisotopic (exact) mass is 558 g/mol. The molecule has 2 aromatic rings. The van der Waals surface area contributed by atoms with Crippen molar-refractivity contribution in [3.63, 3.8) is 0 Å². The van der Waals surface area contributed by atoms with Gasteiger partial charge in [0.2, 0.25) is 0 Å². The molecular formula is C21H23BrN2O5S3. The lowest BCUT2D eigenvalue weighted by Crippen LogP contribution is -2.45. The van der Waals surface area contributed by atoms with Crippen LogP contribution >= 0.6 is 50.4 Å². The standard InChI is InChI=1S/C21H23BrN2O5S3/c1-14(25)29-16(12-18-11-15(22)13-31-18)5-7-23-9-10-30-21(27)24(23)8-6-17-3-4-19(32-17)20(26)28-2/h3-4,9-11,13,16H,5-8,12H2,1-2H3. The second-order valence-electron chi connectivity index (χ2n) is 6.92. The summed E-state index contributed by atoms with van der Waals surface area (Å²) in [6.45, 7) is 2.42. The van der Waals surface area contributed by atoms with Crippen molar-refractivity contribution in [1.82, 2.24) is 10.0 Å². The fourth-order valence-corrected chi connectivity index (χ4v) is 6.23. The van der Waals surface area contributed by atoms with Gasteiger partial charge in [-0.3, -0.25) is 14.6 Å². The van der Waals surface area contributed by atoms with E-state index in [2.05, 4.69) is 15.9 Å². The van der Waals surface area contributed by atoms with Crippen molar-refractivity contribution >= 4 is 67.5 Å². The number of hydrazine groups is 1. The molecule has 0 bridgehead atoms. The van der Waals surface area contributed by atoms with Gasteiger partial charge in [0.25, 0.3) is 0 Å². The van der Waals surface area contributed by atoms with E-state index in [0.29, 0.717) is 37.2 Å². The number of ether oxygens (including phenoxy) is 2. The normalized spacial score (nSPS) is 14.5. The highest BCUT2D eigenvalue weighted by Gasteiger charge is 2.24. The zero-order valence-electron chi connectivity index (χ0n) is 17.6. The minimum Gasteiger partial charge on any atom is -0.465 e. The summed E-state index contributed by atoms with van der Waals surface area (Å²) in [4.78, 5) is 38.5. The number of thioether (sulfide) groups is 1. The summed E-state index contributed by atoms with van der Waals surface area (Å²) in [5, 5.41) is 7.25. The molecule has 32 heavy (non-hydrogen) atoms. The summed E-state index contributed by atoms with van der Waals surface area (Å²) in [5.41, 5.74) is 0. The number of rotatable bonds is 10. The summed E-state index contributed by atoms with van der Waals surface area (Å²) >= 11 is 7.57. The SMILES string of the molecule is COC(=O)c1ccc(CCN2C(=O)SC=CN2CCC(Cc2cc(Br)cs2)OC(C)=O)s1. The number of nitrogens with zero attached hydrogens (tertiary/aromatic N) is 2. The highest BCUT2D eigenvalue weighted by atomic mass is 79.9. The summed E-state index contributed by atoms with van der Waals surface area (Å²) in [5.74, 6) is -0.674. The molecule has 1 atom stereocenters. The quantitative estimate of drug-likeness (QED) is 0.365. The lowest BCUT2D eigenvalue weighted by atomic mass is 10.1. The average Bonchev–Trinajstić information content (AvgIpc) is 3.39. The Morgan fingerprint density at radius 1 is 1.22 bits per heavy atom. The third-order valence-electron chi connectivity index (χ3n) is 4.60. The Bertz CT molecular complexity index is 990. The second kappa shape index (κ2) is 11.9. The Balaban J connectivity index is 1.60. The van der Waals surface area contributed by atoms with Crippen molar-refractivity contribution in [3.05, 3.63) is 54.3 Å². The van der Waals surface area contributed by atoms with Gasteiger partial charge in [0.05, 0.1) is 7.11 Å². The van der Waals surface area contributed by atoms with Crippen LogP contribution in [-0.2, 0) is 27.1 Å². The van der Waals surface area contributed by atoms with E-state index >= 15 is 0 Å². The van der Waals surface area contributed by atoms with Crippen molar-refractivity contribution in [3.8, 4) is 0 Å². The molecule has 1 aliphatic heterocycles. The average molecular weight is 560 g/mol. The number of thiophene rings is 2. The predicted molar refractivity (Wildman–Crippen MR) is 131 cm³/mol. The van der Waals surface area contributed by atoms with Gasteiger partial charge >= 0.3 is 17.2 Å². The van der Waals surface area contributed by atoms with Crippen molar-refractivity contribution in [2.75, 3.05) is 20.2 Å². The summed E-state index contributed by atoms with van der Waals surface area (Å²) < 4.78 is 11.3. The third-order valence-corrected chi connectivity index (χ3v) is 8.12. The van der Waals surface area contributed by atoms with Crippen molar-refractivity contribution in [2.45, 2.75) is 32.3 Å². The molecule has 2 aromatic heterocycles. The first kappa shape index (κ1) is 24.8. The van der Waals surface area contributed by atoms with E-state index in [1.54, 1.807) is 27.8 Å². The van der Waals surface area contributed by atoms with Gasteiger partial charge in [0.1, 0.15) is 11.0 Å². The molecule has 0 fully saturated rings. The molecule has 172 valence electrons. The molecule has 7 nitrogen and oxygen atoms in total. The molecule has 0 saturated carbocycles. The molecular weight excluding hydrogens is 536 g/mol. The van der Waals surface area contributed by atoms with Gasteiger partial charge in [0.15, 0.2) is 0 Å². The van der Waals surface area contributed by atoms with Crippen molar-refractivity contribution in [2.24, 2.45) is 0 Å². The number of carbonyl (C=O) groups excluding carboxylic acids is 3. The second-order valence-corrected chi connectivity index (χ2v) is 10.9. The minimum atomic E-state index is -0.357. The molecule has 1 amide bonds. The van der Waals surface area contributed by atoms with Gasteiger partial charge in [-0.25, -0.2) is 9.80 Å². The smallest absolute Gasteiger partial charge is 0.348 e. The van der Waals surface area contributed by atoms with Gasteiger partial charge in [-0.2, -0.15) is 0 Å². The van der Waals surface area contributed by atoms with Crippen molar-refractivity contribution < 1.29 is 23.9 Å². The highest BCUT2D eigenvalue weighted by Crippen LogP contribution is 2.25. The largest absolute Gasteiger partial charge is 0.465 e. The van der Waals surface area contributed by atoms with E-state index in [1.165, 1.54) is 25.4 Å². The van der Waals surface area contributed by atoms with E-state index in [-0.39, 0.29) is 23.3 Å². The van der Waals surface area contributed by atoms with E-state index in [9.17, 15) is 14.4 Å².